The summed E-state index contributed by atoms with van der Waals surface area (Å²) in [5.41, 5.74) is 2.26. The maximum Gasteiger partial charge on any atom is 0.156 e. The minimum atomic E-state index is -0.597. The largest absolute Gasteiger partial charge is 0.388 e. The van der Waals surface area contributed by atoms with E-state index in [2.05, 4.69) is 15.1 Å². The zero-order valence-corrected chi connectivity index (χ0v) is 15.7. The van der Waals surface area contributed by atoms with Gasteiger partial charge in [-0.2, -0.15) is 0 Å². The standard InChI is InChI=1S/C20H17F2N3O2.ClH/c21-13-2-1-3-14(22)18(13)12-4-5-15-16(10-12)24-19(23-15)17-11-20(27-25-17)6-8-26-9-7-20;/h1-5,10H,6-9,11H2,(H,23,24);1H. The number of nitrogens with zero attached hydrogens (tertiary/aromatic N) is 2. The zero-order valence-electron chi connectivity index (χ0n) is 14.9. The molecule has 2 aromatic carbocycles. The molecule has 1 aromatic heterocycles. The Kier molecular flexibility index (Phi) is 4.81. The SMILES string of the molecule is Cl.Fc1cccc(F)c1-c1ccc2[nH]c(C3=NOC4(CCOCC4)C3)nc2c1. The van der Waals surface area contributed by atoms with Gasteiger partial charge in [-0.15, -0.1) is 12.4 Å². The second-order valence-corrected chi connectivity index (χ2v) is 7.02. The van der Waals surface area contributed by atoms with Crippen molar-refractivity contribution in [2.75, 3.05) is 13.2 Å². The lowest BCUT2D eigenvalue weighted by Crippen LogP contribution is -2.36. The Bertz CT molecular complexity index is 1040. The number of hydrogen-bond donors (Lipinski definition) is 1. The predicted octanol–water partition coefficient (Wildman–Crippen LogP) is 4.60. The van der Waals surface area contributed by atoms with Crippen LogP contribution in [0.15, 0.2) is 41.6 Å². The van der Waals surface area contributed by atoms with Gasteiger partial charge in [-0.05, 0) is 29.8 Å². The Labute approximate surface area is 166 Å². The fraction of sp³-hybridized carbons (Fsp3) is 0.300. The summed E-state index contributed by atoms with van der Waals surface area (Å²) in [4.78, 5) is 13.5. The van der Waals surface area contributed by atoms with Crippen LogP contribution in [0.25, 0.3) is 22.2 Å². The molecule has 0 saturated carbocycles. The van der Waals surface area contributed by atoms with Gasteiger partial charge >= 0.3 is 0 Å². The van der Waals surface area contributed by atoms with E-state index in [-0.39, 0.29) is 23.6 Å². The summed E-state index contributed by atoms with van der Waals surface area (Å²) in [7, 11) is 0. The minimum absolute atomic E-state index is 0. The monoisotopic (exact) mass is 405 g/mol. The molecule has 0 amide bonds. The van der Waals surface area contributed by atoms with Crippen molar-refractivity contribution in [3.8, 4) is 11.1 Å². The minimum Gasteiger partial charge on any atom is -0.388 e. The van der Waals surface area contributed by atoms with E-state index in [0.717, 1.165) is 24.1 Å². The van der Waals surface area contributed by atoms with Crippen molar-refractivity contribution in [2.24, 2.45) is 5.16 Å². The molecule has 5 rings (SSSR count). The molecular weight excluding hydrogens is 388 g/mol. The second kappa shape index (κ2) is 7.14. The van der Waals surface area contributed by atoms with E-state index < -0.39 is 11.6 Å². The summed E-state index contributed by atoms with van der Waals surface area (Å²) in [5, 5.41) is 4.23. The van der Waals surface area contributed by atoms with Gasteiger partial charge in [-0.3, -0.25) is 0 Å². The van der Waals surface area contributed by atoms with Gasteiger partial charge in [-0.1, -0.05) is 17.3 Å². The molecule has 5 nitrogen and oxygen atoms in total. The molecule has 1 N–H and O–H groups in total. The first-order chi connectivity index (χ1) is 13.1. The number of H-pyrrole nitrogens is 1. The number of oxime groups is 1. The Morgan fingerprint density at radius 2 is 1.79 bits per heavy atom. The molecule has 28 heavy (non-hydrogen) atoms. The number of ether oxygens (including phenoxy) is 1. The van der Waals surface area contributed by atoms with Gasteiger partial charge in [0.1, 0.15) is 22.9 Å². The van der Waals surface area contributed by atoms with Crippen LogP contribution < -0.4 is 0 Å². The van der Waals surface area contributed by atoms with E-state index in [1.807, 2.05) is 0 Å². The molecule has 0 aliphatic carbocycles. The maximum absolute atomic E-state index is 14.1. The summed E-state index contributed by atoms with van der Waals surface area (Å²) in [6, 6.07) is 8.97. The molecule has 2 aliphatic rings. The number of imidazole rings is 1. The molecule has 1 fully saturated rings. The Hall–Kier alpha value is -2.51. The van der Waals surface area contributed by atoms with Gasteiger partial charge in [0, 0.05) is 19.3 Å². The number of halogens is 3. The molecule has 0 bridgehead atoms. The molecule has 0 unspecified atom stereocenters. The van der Waals surface area contributed by atoms with E-state index in [1.165, 1.54) is 18.2 Å². The van der Waals surface area contributed by atoms with Crippen molar-refractivity contribution in [3.05, 3.63) is 53.9 Å². The molecule has 3 heterocycles. The average molecular weight is 406 g/mol. The number of rotatable bonds is 2. The Balaban J connectivity index is 0.00000192. The number of benzene rings is 2. The third kappa shape index (κ3) is 3.14. The van der Waals surface area contributed by atoms with Gasteiger partial charge in [0.2, 0.25) is 0 Å². The lowest BCUT2D eigenvalue weighted by atomic mass is 9.89. The number of hydrogen-bond acceptors (Lipinski definition) is 4. The molecule has 2 aliphatic heterocycles. The van der Waals surface area contributed by atoms with E-state index >= 15 is 0 Å². The molecule has 8 heteroatoms. The van der Waals surface area contributed by atoms with E-state index in [0.29, 0.717) is 36.5 Å². The van der Waals surface area contributed by atoms with Gasteiger partial charge < -0.3 is 14.6 Å². The third-order valence-corrected chi connectivity index (χ3v) is 5.25. The van der Waals surface area contributed by atoms with Gasteiger partial charge in [-0.25, -0.2) is 13.8 Å². The van der Waals surface area contributed by atoms with E-state index in [9.17, 15) is 8.78 Å². The molecule has 146 valence electrons. The topological polar surface area (TPSA) is 59.5 Å². The summed E-state index contributed by atoms with van der Waals surface area (Å²) in [5.74, 6) is -0.570. The van der Waals surface area contributed by atoms with Gasteiger partial charge in [0.05, 0.1) is 29.8 Å². The highest BCUT2D eigenvalue weighted by Gasteiger charge is 2.41. The highest BCUT2D eigenvalue weighted by atomic mass is 35.5. The van der Waals surface area contributed by atoms with E-state index in [1.54, 1.807) is 18.2 Å². The average Bonchev–Trinajstić information content (AvgIpc) is 3.26. The van der Waals surface area contributed by atoms with E-state index in [4.69, 9.17) is 9.57 Å². The van der Waals surface area contributed by atoms with Crippen LogP contribution in [0.1, 0.15) is 25.1 Å². The van der Waals surface area contributed by atoms with Crippen LogP contribution in [-0.2, 0) is 9.57 Å². The molecule has 0 atom stereocenters. The lowest BCUT2D eigenvalue weighted by molar-refractivity contribution is -0.0919. The van der Waals surface area contributed by atoms with Crippen LogP contribution in [0.2, 0.25) is 0 Å². The lowest BCUT2D eigenvalue weighted by Gasteiger charge is -2.30. The normalized spacial score (nSPS) is 18.0. The first kappa shape index (κ1) is 18.8. The van der Waals surface area contributed by atoms with Crippen LogP contribution >= 0.6 is 12.4 Å². The zero-order chi connectivity index (χ0) is 18.4. The molecule has 1 spiro atoms. The molecule has 1 saturated heterocycles. The van der Waals surface area contributed by atoms with Crippen LogP contribution in [-0.4, -0.2) is 34.5 Å². The highest BCUT2D eigenvalue weighted by Crippen LogP contribution is 2.35. The summed E-state index contributed by atoms with van der Waals surface area (Å²) in [6.07, 6.45) is 2.28. The quantitative estimate of drug-likeness (QED) is 0.677. The summed E-state index contributed by atoms with van der Waals surface area (Å²) < 4.78 is 33.6. The Morgan fingerprint density at radius 3 is 2.54 bits per heavy atom. The van der Waals surface area contributed by atoms with Crippen molar-refractivity contribution in [3.63, 3.8) is 0 Å². The predicted molar refractivity (Wildman–Crippen MR) is 104 cm³/mol. The fourth-order valence-electron chi connectivity index (χ4n) is 3.73. The van der Waals surface area contributed by atoms with Crippen molar-refractivity contribution >= 4 is 29.2 Å². The van der Waals surface area contributed by atoms with Crippen LogP contribution in [0, 0.1) is 11.6 Å². The fourth-order valence-corrected chi connectivity index (χ4v) is 3.73. The smallest absolute Gasteiger partial charge is 0.156 e. The summed E-state index contributed by atoms with van der Waals surface area (Å²) in [6.45, 7) is 1.33. The second-order valence-electron chi connectivity index (χ2n) is 7.02. The van der Waals surface area contributed by atoms with Crippen molar-refractivity contribution in [1.29, 1.82) is 0 Å². The molecule has 0 radical (unpaired) electrons. The van der Waals surface area contributed by atoms with Gasteiger partial charge in [0.25, 0.3) is 0 Å². The Morgan fingerprint density at radius 1 is 1.04 bits per heavy atom. The maximum atomic E-state index is 14.1. The highest BCUT2D eigenvalue weighted by molar-refractivity contribution is 6.01. The molecule has 3 aromatic rings. The summed E-state index contributed by atoms with van der Waals surface area (Å²) >= 11 is 0. The third-order valence-electron chi connectivity index (χ3n) is 5.25. The van der Waals surface area contributed by atoms with Crippen molar-refractivity contribution in [2.45, 2.75) is 24.9 Å². The van der Waals surface area contributed by atoms with Crippen molar-refractivity contribution in [1.82, 2.24) is 9.97 Å². The number of aromatic nitrogens is 2. The first-order valence-electron chi connectivity index (χ1n) is 8.91. The number of nitrogens with one attached hydrogen (secondary N) is 1. The molecular formula is C20H18ClF2N3O2. The van der Waals surface area contributed by atoms with Crippen molar-refractivity contribution < 1.29 is 18.4 Å². The van der Waals surface area contributed by atoms with Crippen LogP contribution in [0.4, 0.5) is 8.78 Å². The first-order valence-corrected chi connectivity index (χ1v) is 8.91. The van der Waals surface area contributed by atoms with Gasteiger partial charge in [0.15, 0.2) is 5.82 Å². The van der Waals surface area contributed by atoms with Crippen LogP contribution in [0.5, 0.6) is 0 Å². The number of aromatic amines is 1. The number of fused-ring (bicyclic) bond motifs is 1. The van der Waals surface area contributed by atoms with Crippen LogP contribution in [0.3, 0.4) is 0 Å².